The van der Waals surface area contributed by atoms with Crippen molar-refractivity contribution in [1.82, 2.24) is 10.2 Å². The number of carbonyl (C=O) groups is 2. The number of hydrogen-bond acceptors (Lipinski definition) is 2. The molecule has 0 aromatic heterocycles. The van der Waals surface area contributed by atoms with Crippen molar-refractivity contribution in [2.45, 2.75) is 58.3 Å². The molecule has 0 radical (unpaired) electrons. The molecule has 1 aromatic carbocycles. The molecule has 28 heavy (non-hydrogen) atoms. The zero-order valence-corrected chi connectivity index (χ0v) is 16.0. The van der Waals surface area contributed by atoms with Crippen LogP contribution in [0.2, 0.25) is 0 Å². The van der Waals surface area contributed by atoms with Gasteiger partial charge in [0.05, 0.1) is 11.0 Å². The molecule has 8 heteroatoms. The summed E-state index contributed by atoms with van der Waals surface area (Å²) in [5.74, 6) is -0.0799. The number of alkyl halides is 3. The maximum absolute atomic E-state index is 13.4. The summed E-state index contributed by atoms with van der Waals surface area (Å²) in [5, 5.41) is 11.4. The third kappa shape index (κ3) is 3.82. The molecular weight excluding hydrogens is 373 g/mol. The number of carbonyl (C=O) groups excluding carboxylic acids is 1. The predicted octanol–water partition coefficient (Wildman–Crippen LogP) is 4.05. The third-order valence-corrected chi connectivity index (χ3v) is 6.24. The lowest BCUT2D eigenvalue weighted by molar-refractivity contribution is -0.145. The highest BCUT2D eigenvalue weighted by atomic mass is 19.4. The molecule has 3 rings (SSSR count). The van der Waals surface area contributed by atoms with E-state index >= 15 is 0 Å². The summed E-state index contributed by atoms with van der Waals surface area (Å²) in [6, 6.07) is 3.45. The SMILES string of the molecule is CC(C)[C@]1(C(=O)N2CCc3ccc(C(F)(F)F)cc3C2)CC[C@@H](NC(=O)O)C1. The molecule has 2 atom stereocenters. The van der Waals surface area contributed by atoms with Crippen LogP contribution >= 0.6 is 0 Å². The smallest absolute Gasteiger partial charge is 0.416 e. The molecule has 1 saturated carbocycles. The summed E-state index contributed by atoms with van der Waals surface area (Å²) in [4.78, 5) is 26.0. The molecule has 0 bridgehead atoms. The van der Waals surface area contributed by atoms with Crippen molar-refractivity contribution in [1.29, 1.82) is 0 Å². The van der Waals surface area contributed by atoms with Crippen molar-refractivity contribution in [3.05, 3.63) is 34.9 Å². The van der Waals surface area contributed by atoms with E-state index in [9.17, 15) is 22.8 Å². The van der Waals surface area contributed by atoms with Crippen LogP contribution in [0.4, 0.5) is 18.0 Å². The molecule has 1 fully saturated rings. The van der Waals surface area contributed by atoms with E-state index in [0.717, 1.165) is 17.7 Å². The van der Waals surface area contributed by atoms with Crippen molar-refractivity contribution in [2.75, 3.05) is 6.54 Å². The third-order valence-electron chi connectivity index (χ3n) is 6.24. The van der Waals surface area contributed by atoms with Crippen LogP contribution in [0.1, 0.15) is 49.8 Å². The molecule has 0 saturated heterocycles. The number of benzene rings is 1. The maximum atomic E-state index is 13.4. The Morgan fingerprint density at radius 2 is 2.00 bits per heavy atom. The van der Waals surface area contributed by atoms with Crippen LogP contribution in [-0.2, 0) is 23.9 Å². The Balaban J connectivity index is 1.82. The van der Waals surface area contributed by atoms with Crippen LogP contribution in [0.15, 0.2) is 18.2 Å². The van der Waals surface area contributed by atoms with Gasteiger partial charge < -0.3 is 15.3 Å². The summed E-state index contributed by atoms with van der Waals surface area (Å²) in [7, 11) is 0. The molecule has 2 amide bonds. The van der Waals surface area contributed by atoms with Gasteiger partial charge in [0.15, 0.2) is 0 Å². The van der Waals surface area contributed by atoms with Gasteiger partial charge in [-0.2, -0.15) is 13.2 Å². The van der Waals surface area contributed by atoms with E-state index in [1.54, 1.807) is 4.90 Å². The van der Waals surface area contributed by atoms with E-state index in [-0.39, 0.29) is 24.4 Å². The molecular formula is C20H25F3N2O3. The second-order valence-corrected chi connectivity index (χ2v) is 8.16. The summed E-state index contributed by atoms with van der Waals surface area (Å²) in [5.41, 5.74) is -0.0172. The molecule has 0 unspecified atom stereocenters. The highest BCUT2D eigenvalue weighted by Gasteiger charge is 2.49. The fourth-order valence-corrected chi connectivity index (χ4v) is 4.56. The van der Waals surface area contributed by atoms with E-state index in [0.29, 0.717) is 37.8 Å². The van der Waals surface area contributed by atoms with Gasteiger partial charge in [-0.05, 0) is 54.9 Å². The summed E-state index contributed by atoms with van der Waals surface area (Å²) in [6.45, 7) is 4.51. The van der Waals surface area contributed by atoms with Crippen molar-refractivity contribution in [3.8, 4) is 0 Å². The molecule has 2 N–H and O–H groups in total. The van der Waals surface area contributed by atoms with Gasteiger partial charge in [0.2, 0.25) is 5.91 Å². The minimum absolute atomic E-state index is 0.00324. The second kappa shape index (κ2) is 7.29. The van der Waals surface area contributed by atoms with E-state index in [2.05, 4.69) is 5.32 Å². The van der Waals surface area contributed by atoms with Crippen molar-refractivity contribution in [3.63, 3.8) is 0 Å². The fraction of sp³-hybridized carbons (Fsp3) is 0.600. The normalized spacial score (nSPS) is 24.9. The standard InChI is InChI=1S/C20H25F3N2O3/c1-12(2)19(7-5-16(10-19)24-18(27)28)17(26)25-8-6-13-3-4-15(20(21,22)23)9-14(13)11-25/h3-4,9,12,16,24H,5-8,10-11H2,1-2H3,(H,27,28)/t16-,19+/m1/s1. The Morgan fingerprint density at radius 3 is 2.61 bits per heavy atom. The highest BCUT2D eigenvalue weighted by Crippen LogP contribution is 2.46. The topological polar surface area (TPSA) is 69.6 Å². The van der Waals surface area contributed by atoms with Gasteiger partial charge in [-0.15, -0.1) is 0 Å². The van der Waals surface area contributed by atoms with Crippen LogP contribution < -0.4 is 5.32 Å². The van der Waals surface area contributed by atoms with Crippen LogP contribution in [-0.4, -0.2) is 34.6 Å². The zero-order valence-electron chi connectivity index (χ0n) is 16.0. The lowest BCUT2D eigenvalue weighted by Crippen LogP contribution is -2.48. The van der Waals surface area contributed by atoms with Gasteiger partial charge in [-0.1, -0.05) is 19.9 Å². The molecule has 1 aliphatic carbocycles. The Morgan fingerprint density at radius 1 is 1.29 bits per heavy atom. The number of fused-ring (bicyclic) bond motifs is 1. The molecule has 1 aromatic rings. The Hall–Kier alpha value is -2.25. The minimum atomic E-state index is -4.42. The average molecular weight is 398 g/mol. The number of rotatable bonds is 3. The first-order valence-corrected chi connectivity index (χ1v) is 9.51. The van der Waals surface area contributed by atoms with Gasteiger partial charge in [-0.25, -0.2) is 4.79 Å². The fourth-order valence-electron chi connectivity index (χ4n) is 4.56. The summed E-state index contributed by atoms with van der Waals surface area (Å²) in [6.07, 6.45) is -3.43. The largest absolute Gasteiger partial charge is 0.465 e. The first kappa shape index (κ1) is 20.5. The van der Waals surface area contributed by atoms with Gasteiger partial charge in [-0.3, -0.25) is 4.79 Å². The lowest BCUT2D eigenvalue weighted by Gasteiger charge is -2.39. The van der Waals surface area contributed by atoms with E-state index in [4.69, 9.17) is 5.11 Å². The van der Waals surface area contributed by atoms with Gasteiger partial charge in [0, 0.05) is 19.1 Å². The highest BCUT2D eigenvalue weighted by molar-refractivity contribution is 5.84. The average Bonchev–Trinajstić information content (AvgIpc) is 3.03. The quantitative estimate of drug-likeness (QED) is 0.807. The molecule has 2 aliphatic rings. The maximum Gasteiger partial charge on any atom is 0.416 e. The minimum Gasteiger partial charge on any atom is -0.465 e. The summed E-state index contributed by atoms with van der Waals surface area (Å²) < 4.78 is 39.1. The first-order chi connectivity index (χ1) is 13.0. The lowest BCUT2D eigenvalue weighted by atomic mass is 9.74. The number of halogens is 3. The van der Waals surface area contributed by atoms with Crippen LogP contribution in [0.3, 0.4) is 0 Å². The van der Waals surface area contributed by atoms with Crippen molar-refractivity contribution in [2.24, 2.45) is 11.3 Å². The Kier molecular flexibility index (Phi) is 5.34. The number of nitrogens with one attached hydrogen (secondary N) is 1. The van der Waals surface area contributed by atoms with Gasteiger partial charge >= 0.3 is 12.3 Å². The van der Waals surface area contributed by atoms with E-state index < -0.39 is 23.2 Å². The Labute approximate surface area is 161 Å². The summed E-state index contributed by atoms with van der Waals surface area (Å²) >= 11 is 0. The number of carboxylic acid groups (broad SMARTS) is 1. The molecule has 1 aliphatic heterocycles. The van der Waals surface area contributed by atoms with Gasteiger partial charge in [0.1, 0.15) is 0 Å². The van der Waals surface area contributed by atoms with Crippen LogP contribution in [0.5, 0.6) is 0 Å². The van der Waals surface area contributed by atoms with Crippen molar-refractivity contribution >= 4 is 12.0 Å². The van der Waals surface area contributed by atoms with E-state index in [1.165, 1.54) is 6.07 Å². The van der Waals surface area contributed by atoms with Crippen molar-refractivity contribution < 1.29 is 27.9 Å². The molecule has 1 heterocycles. The monoisotopic (exact) mass is 398 g/mol. The first-order valence-electron chi connectivity index (χ1n) is 9.51. The Bertz CT molecular complexity index is 778. The molecule has 5 nitrogen and oxygen atoms in total. The molecule has 0 spiro atoms. The number of hydrogen-bond donors (Lipinski definition) is 2. The molecule has 154 valence electrons. The van der Waals surface area contributed by atoms with E-state index in [1.807, 2.05) is 13.8 Å². The zero-order chi connectivity index (χ0) is 20.7. The van der Waals surface area contributed by atoms with Crippen LogP contribution in [0, 0.1) is 11.3 Å². The number of nitrogens with zero attached hydrogens (tertiary/aromatic N) is 1. The van der Waals surface area contributed by atoms with Crippen LogP contribution in [0.25, 0.3) is 0 Å². The van der Waals surface area contributed by atoms with Gasteiger partial charge in [0.25, 0.3) is 0 Å². The number of amides is 2. The second-order valence-electron chi connectivity index (χ2n) is 8.16. The predicted molar refractivity (Wildman–Crippen MR) is 96.6 cm³/mol.